The molecule has 0 aromatic heterocycles. The van der Waals surface area contributed by atoms with Crippen LogP contribution < -0.4 is 0 Å². The van der Waals surface area contributed by atoms with Gasteiger partial charge in [0.25, 0.3) is 0 Å². The Morgan fingerprint density at radius 1 is 0.625 bits per heavy atom. The van der Waals surface area contributed by atoms with Gasteiger partial charge in [-0.25, -0.2) is 0 Å². The molecule has 0 aromatic rings. The Labute approximate surface area is 96.2 Å². The molecule has 0 aliphatic carbocycles. The van der Waals surface area contributed by atoms with Gasteiger partial charge >= 0.3 is 78.2 Å². The second kappa shape index (κ2) is 9.36. The van der Waals surface area contributed by atoms with E-state index in [4.69, 9.17) is 19.2 Å². The fourth-order valence-corrected chi connectivity index (χ4v) is 0. The van der Waals surface area contributed by atoms with Gasteiger partial charge in [-0.2, -0.15) is 0 Å². The Morgan fingerprint density at radius 3 is 0.625 bits per heavy atom. The van der Waals surface area contributed by atoms with Gasteiger partial charge in [0.05, 0.1) is 0 Å². The third kappa shape index (κ3) is 81.5. The zero-order chi connectivity index (χ0) is 4.50. The summed E-state index contributed by atoms with van der Waals surface area (Å²) in [5.41, 5.74) is 0. The van der Waals surface area contributed by atoms with Crippen molar-refractivity contribution in [3.63, 3.8) is 0 Å². The second-order valence-corrected chi connectivity index (χ2v) is 1.80. The second-order valence-electron chi connectivity index (χ2n) is 0.600. The van der Waals surface area contributed by atoms with Crippen molar-refractivity contribution in [2.24, 2.45) is 0 Å². The third-order valence-electron chi connectivity index (χ3n) is 0. The van der Waals surface area contributed by atoms with E-state index < -0.39 is 9.05 Å². The minimum absolute atomic E-state index is 0. The van der Waals surface area contributed by atoms with Gasteiger partial charge in [-0.3, -0.25) is 0 Å². The standard InChI is InChI=1S/3Mg.H4O4Si/c;;;1-5(2,3)4/h;;;1-4H/q3*+2;. The normalized spacial score (nSPS) is 7.50. The molecule has 0 fully saturated rings. The van der Waals surface area contributed by atoms with Crippen molar-refractivity contribution < 1.29 is 19.2 Å². The topological polar surface area (TPSA) is 80.9 Å². The van der Waals surface area contributed by atoms with Crippen LogP contribution in [0.25, 0.3) is 0 Å². The van der Waals surface area contributed by atoms with Crippen LogP contribution in [0.2, 0.25) is 0 Å². The summed E-state index contributed by atoms with van der Waals surface area (Å²) in [6.45, 7) is 0. The van der Waals surface area contributed by atoms with E-state index in [1.54, 1.807) is 0 Å². The monoisotopic (exact) mass is 168 g/mol. The van der Waals surface area contributed by atoms with Gasteiger partial charge in [-0.05, 0) is 0 Å². The summed E-state index contributed by atoms with van der Waals surface area (Å²) >= 11 is 0. The Balaban J connectivity index is -0.0000000267. The first-order chi connectivity index (χ1) is 2.00. The molecule has 4 nitrogen and oxygen atoms in total. The molecule has 8 heteroatoms. The summed E-state index contributed by atoms with van der Waals surface area (Å²) in [7, 11) is -4.61. The molecule has 0 saturated carbocycles. The quantitative estimate of drug-likeness (QED) is 0.281. The minimum atomic E-state index is -4.61. The summed E-state index contributed by atoms with van der Waals surface area (Å²) < 4.78 is 0. The van der Waals surface area contributed by atoms with Crippen LogP contribution in [0.3, 0.4) is 0 Å². The molecular formula is H4Mg3O4Si+6. The number of hydrogen-bond acceptors (Lipinski definition) is 4. The van der Waals surface area contributed by atoms with Crippen LogP contribution in [0, 0.1) is 0 Å². The van der Waals surface area contributed by atoms with Gasteiger partial charge in [0.1, 0.15) is 0 Å². The minimum Gasteiger partial charge on any atom is -0.368 e. The van der Waals surface area contributed by atoms with E-state index >= 15 is 0 Å². The zero-order valence-corrected chi connectivity index (χ0v) is 9.65. The van der Waals surface area contributed by atoms with Crippen LogP contribution >= 0.6 is 0 Å². The molecule has 0 aromatic carbocycles. The molecule has 0 aliphatic rings. The van der Waals surface area contributed by atoms with Crippen molar-refractivity contribution >= 4 is 78.2 Å². The van der Waals surface area contributed by atoms with E-state index in [1.165, 1.54) is 0 Å². The van der Waals surface area contributed by atoms with E-state index in [0.717, 1.165) is 0 Å². The molecule has 0 spiro atoms. The maximum absolute atomic E-state index is 7.33. The van der Waals surface area contributed by atoms with Crippen LogP contribution in [0.4, 0.5) is 0 Å². The third-order valence-corrected chi connectivity index (χ3v) is 0. The number of rotatable bonds is 0. The van der Waals surface area contributed by atoms with Gasteiger partial charge in [0.2, 0.25) is 0 Å². The summed E-state index contributed by atoms with van der Waals surface area (Å²) in [6.07, 6.45) is 0. The van der Waals surface area contributed by atoms with Gasteiger partial charge in [-0.15, -0.1) is 0 Å². The molecule has 0 radical (unpaired) electrons. The van der Waals surface area contributed by atoms with Gasteiger partial charge < -0.3 is 19.2 Å². The maximum Gasteiger partial charge on any atom is 2.00 e. The van der Waals surface area contributed by atoms with Gasteiger partial charge in [-0.1, -0.05) is 0 Å². The molecule has 32 valence electrons. The van der Waals surface area contributed by atoms with Crippen LogP contribution in [0.15, 0.2) is 0 Å². The summed E-state index contributed by atoms with van der Waals surface area (Å²) in [4.78, 5) is 29.3. The van der Waals surface area contributed by atoms with Crippen molar-refractivity contribution in [3.05, 3.63) is 0 Å². The van der Waals surface area contributed by atoms with Crippen LogP contribution in [-0.4, -0.2) is 97.4 Å². The molecule has 0 unspecified atom stereocenters. The average molecular weight is 169 g/mol. The van der Waals surface area contributed by atoms with Crippen LogP contribution in [0.1, 0.15) is 0 Å². The first-order valence-electron chi connectivity index (χ1n) is 0.894. The van der Waals surface area contributed by atoms with Crippen LogP contribution in [-0.2, 0) is 0 Å². The van der Waals surface area contributed by atoms with Gasteiger partial charge in [0, 0.05) is 0 Å². The predicted molar refractivity (Wildman–Crippen MR) is 31.9 cm³/mol. The molecule has 0 bridgehead atoms. The molecule has 0 amide bonds. The Kier molecular flexibility index (Phi) is 26.2. The van der Waals surface area contributed by atoms with Crippen molar-refractivity contribution in [2.45, 2.75) is 0 Å². The molecule has 0 atom stereocenters. The van der Waals surface area contributed by atoms with Crippen molar-refractivity contribution in [1.82, 2.24) is 0 Å². The maximum atomic E-state index is 7.33. The first-order valence-corrected chi connectivity index (χ1v) is 2.68. The molecule has 0 heterocycles. The fourth-order valence-electron chi connectivity index (χ4n) is 0. The molecule has 4 N–H and O–H groups in total. The Hall–Kier alpha value is 2.36. The smallest absolute Gasteiger partial charge is 0.368 e. The van der Waals surface area contributed by atoms with Crippen molar-refractivity contribution in [3.8, 4) is 0 Å². The largest absolute Gasteiger partial charge is 2.00 e. The van der Waals surface area contributed by atoms with E-state index in [9.17, 15) is 0 Å². The van der Waals surface area contributed by atoms with Gasteiger partial charge in [0.15, 0.2) is 0 Å². The van der Waals surface area contributed by atoms with Crippen molar-refractivity contribution in [1.29, 1.82) is 0 Å². The summed E-state index contributed by atoms with van der Waals surface area (Å²) in [5.74, 6) is 0. The van der Waals surface area contributed by atoms with E-state index in [-0.39, 0.29) is 69.2 Å². The molecule has 8 heavy (non-hydrogen) atoms. The molecule has 0 saturated heterocycles. The first kappa shape index (κ1) is 22.4. The number of hydrogen-bond donors (Lipinski definition) is 4. The fraction of sp³-hybridized carbons (Fsp3) is 0. The summed E-state index contributed by atoms with van der Waals surface area (Å²) in [5, 5.41) is 0. The van der Waals surface area contributed by atoms with Crippen LogP contribution in [0.5, 0.6) is 0 Å². The Morgan fingerprint density at radius 2 is 0.625 bits per heavy atom. The predicted octanol–water partition coefficient (Wildman–Crippen LogP) is -3.75. The van der Waals surface area contributed by atoms with Crippen molar-refractivity contribution in [2.75, 3.05) is 0 Å². The zero-order valence-electron chi connectivity index (χ0n) is 4.41. The molecule has 0 aliphatic heterocycles. The average Bonchev–Trinajstić information content (AvgIpc) is 0.722. The molecular weight excluding hydrogens is 165 g/mol. The summed E-state index contributed by atoms with van der Waals surface area (Å²) in [6, 6.07) is 0. The van der Waals surface area contributed by atoms with E-state index in [0.29, 0.717) is 0 Å². The van der Waals surface area contributed by atoms with E-state index in [2.05, 4.69) is 0 Å². The molecule has 0 rings (SSSR count). The van der Waals surface area contributed by atoms with E-state index in [1.807, 2.05) is 0 Å². The SMILES string of the molecule is O[Si](O)(O)O.[Mg+2].[Mg+2].[Mg+2]. The Bertz CT molecular complexity index is 26.8.